The van der Waals surface area contributed by atoms with Crippen LogP contribution in [-0.2, 0) is 22.8 Å². The third-order valence-corrected chi connectivity index (χ3v) is 4.69. The van der Waals surface area contributed by atoms with Crippen LogP contribution in [0.4, 0.5) is 17.6 Å². The third-order valence-electron chi connectivity index (χ3n) is 3.24. The van der Waals surface area contributed by atoms with E-state index in [-0.39, 0.29) is 21.2 Å². The molecule has 0 unspecified atom stereocenters. The van der Waals surface area contributed by atoms with Crippen LogP contribution in [0.1, 0.15) is 5.69 Å². The predicted octanol–water partition coefficient (Wildman–Crippen LogP) is 3.52. The first kappa shape index (κ1) is 20.2. The van der Waals surface area contributed by atoms with Gasteiger partial charge in [0, 0.05) is 23.6 Å². The van der Waals surface area contributed by atoms with Crippen molar-refractivity contribution in [3.63, 3.8) is 0 Å². The lowest BCUT2D eigenvalue weighted by atomic mass is 10.1. The monoisotopic (exact) mass is 410 g/mol. The van der Waals surface area contributed by atoms with E-state index in [0.717, 1.165) is 30.9 Å². The van der Waals surface area contributed by atoms with Crippen LogP contribution in [0.25, 0.3) is 11.3 Å². The molecule has 11 heteroatoms. The number of hydrogen-bond acceptors (Lipinski definition) is 5. The van der Waals surface area contributed by atoms with Crippen molar-refractivity contribution in [2.75, 3.05) is 12.9 Å². The second-order valence-corrected chi connectivity index (χ2v) is 6.42. The summed E-state index contributed by atoms with van der Waals surface area (Å²) in [6.07, 6.45) is -4.78. The number of methoxy groups -OCH3 is 1. The molecule has 1 heterocycles. The summed E-state index contributed by atoms with van der Waals surface area (Å²) < 4.78 is 57.7. The number of halogens is 5. The first-order valence-electron chi connectivity index (χ1n) is 6.89. The molecule has 0 fully saturated rings. The van der Waals surface area contributed by atoms with Crippen LogP contribution >= 0.6 is 23.4 Å². The molecule has 0 spiro atoms. The molecule has 0 aliphatic heterocycles. The number of rotatable bonds is 4. The van der Waals surface area contributed by atoms with Gasteiger partial charge in [-0.25, -0.2) is 4.39 Å². The number of benzene rings is 1. The fraction of sp³-hybridized carbons (Fsp3) is 0.267. The van der Waals surface area contributed by atoms with Crippen molar-refractivity contribution in [3.8, 4) is 11.3 Å². The fourth-order valence-electron chi connectivity index (χ4n) is 2.01. The Bertz CT molecular complexity index is 915. The van der Waals surface area contributed by atoms with E-state index in [2.05, 4.69) is 9.84 Å². The van der Waals surface area contributed by atoms with Gasteiger partial charge >= 0.3 is 12.1 Å². The number of alkyl halides is 3. The zero-order valence-electron chi connectivity index (χ0n) is 13.4. The molecule has 26 heavy (non-hydrogen) atoms. The number of carbonyl (C=O) groups is 1. The number of carbonyl (C=O) groups excluding carboxylic acids is 1. The Morgan fingerprint density at radius 1 is 1.35 bits per heavy atom. The number of aromatic nitrogens is 2. The van der Waals surface area contributed by atoms with Crippen molar-refractivity contribution < 1.29 is 27.1 Å². The summed E-state index contributed by atoms with van der Waals surface area (Å²) in [6, 6.07) is 2.40. The molecular weight excluding hydrogens is 400 g/mol. The van der Waals surface area contributed by atoms with E-state index in [0.29, 0.717) is 10.7 Å². The highest BCUT2D eigenvalue weighted by molar-refractivity contribution is 8.00. The SMILES string of the molecule is COC(=O)CSc1cc(-c2nn(C)c(C(F)(F)F)cc2=O)c(F)cc1Cl. The molecule has 140 valence electrons. The van der Waals surface area contributed by atoms with Crippen LogP contribution in [0, 0.1) is 5.82 Å². The number of nitrogens with zero attached hydrogens (tertiary/aromatic N) is 2. The van der Waals surface area contributed by atoms with E-state index in [1.165, 1.54) is 7.11 Å². The number of esters is 1. The Morgan fingerprint density at radius 3 is 2.58 bits per heavy atom. The molecule has 0 radical (unpaired) electrons. The summed E-state index contributed by atoms with van der Waals surface area (Å²) in [5.74, 6) is -1.61. The predicted molar refractivity (Wildman–Crippen MR) is 87.6 cm³/mol. The number of aryl methyl sites for hydroxylation is 1. The summed E-state index contributed by atoms with van der Waals surface area (Å²) in [5.41, 5.74) is -3.19. The van der Waals surface area contributed by atoms with E-state index in [1.54, 1.807) is 0 Å². The van der Waals surface area contributed by atoms with E-state index in [4.69, 9.17) is 11.6 Å². The van der Waals surface area contributed by atoms with Crippen molar-refractivity contribution in [1.29, 1.82) is 0 Å². The Hall–Kier alpha value is -2.07. The molecule has 0 aliphatic rings. The summed E-state index contributed by atoms with van der Waals surface area (Å²) in [5, 5.41) is 3.53. The quantitative estimate of drug-likeness (QED) is 0.438. The minimum Gasteiger partial charge on any atom is -0.468 e. The van der Waals surface area contributed by atoms with Gasteiger partial charge in [0.1, 0.15) is 17.2 Å². The minimum absolute atomic E-state index is 0.0242. The van der Waals surface area contributed by atoms with E-state index < -0.39 is 34.8 Å². The molecule has 0 saturated heterocycles. The zero-order valence-corrected chi connectivity index (χ0v) is 14.9. The van der Waals surface area contributed by atoms with Gasteiger partial charge in [-0.1, -0.05) is 11.6 Å². The van der Waals surface area contributed by atoms with Crippen LogP contribution < -0.4 is 5.43 Å². The molecule has 5 nitrogen and oxygen atoms in total. The maximum absolute atomic E-state index is 14.2. The lowest BCUT2D eigenvalue weighted by Crippen LogP contribution is -2.22. The second-order valence-electron chi connectivity index (χ2n) is 4.99. The molecule has 2 rings (SSSR count). The average Bonchev–Trinajstić information content (AvgIpc) is 2.54. The van der Waals surface area contributed by atoms with E-state index in [9.17, 15) is 27.2 Å². The second kappa shape index (κ2) is 7.67. The Balaban J connectivity index is 2.53. The Labute approximate surface area is 153 Å². The molecule has 0 aliphatic carbocycles. The van der Waals surface area contributed by atoms with Crippen molar-refractivity contribution in [3.05, 3.63) is 45.0 Å². The van der Waals surface area contributed by atoms with Gasteiger partial charge in [0.25, 0.3) is 0 Å². The van der Waals surface area contributed by atoms with Crippen molar-refractivity contribution in [1.82, 2.24) is 9.78 Å². The van der Waals surface area contributed by atoms with Crippen LogP contribution in [0.5, 0.6) is 0 Å². The molecule has 0 N–H and O–H groups in total. The molecule has 1 aromatic heterocycles. The van der Waals surface area contributed by atoms with Crippen LogP contribution in [0.15, 0.2) is 27.9 Å². The Morgan fingerprint density at radius 2 is 2.00 bits per heavy atom. The van der Waals surface area contributed by atoms with Crippen molar-refractivity contribution >= 4 is 29.3 Å². The topological polar surface area (TPSA) is 61.2 Å². The maximum Gasteiger partial charge on any atom is 0.433 e. The molecule has 1 aromatic carbocycles. The first-order valence-corrected chi connectivity index (χ1v) is 8.25. The normalized spacial score (nSPS) is 11.5. The standard InChI is InChI=1S/C15H11ClF4N2O3S/c1-22-12(15(18,19)20)5-10(23)14(21-22)7-3-11(8(16)4-9(7)17)26-6-13(24)25-2/h3-5H,6H2,1-2H3. The molecule has 2 aromatic rings. The van der Waals surface area contributed by atoms with Gasteiger partial charge in [0.15, 0.2) is 0 Å². The first-order chi connectivity index (χ1) is 12.0. The third kappa shape index (κ3) is 4.36. The maximum atomic E-state index is 14.2. The highest BCUT2D eigenvalue weighted by atomic mass is 35.5. The number of hydrogen-bond donors (Lipinski definition) is 0. The highest BCUT2D eigenvalue weighted by Gasteiger charge is 2.34. The van der Waals surface area contributed by atoms with Crippen molar-refractivity contribution in [2.24, 2.45) is 7.05 Å². The molecule has 0 saturated carbocycles. The van der Waals surface area contributed by atoms with Crippen LogP contribution in [0.3, 0.4) is 0 Å². The highest BCUT2D eigenvalue weighted by Crippen LogP contribution is 2.33. The summed E-state index contributed by atoms with van der Waals surface area (Å²) in [4.78, 5) is 23.5. The number of ether oxygens (including phenoxy) is 1. The molecule has 0 bridgehead atoms. The number of thioether (sulfide) groups is 1. The van der Waals surface area contributed by atoms with Gasteiger partial charge in [-0.3, -0.25) is 14.3 Å². The smallest absolute Gasteiger partial charge is 0.433 e. The summed E-state index contributed by atoms with van der Waals surface area (Å²) >= 11 is 6.83. The van der Waals surface area contributed by atoms with Crippen molar-refractivity contribution in [2.45, 2.75) is 11.1 Å². The van der Waals surface area contributed by atoms with E-state index in [1.807, 2.05) is 0 Å². The van der Waals surface area contributed by atoms with Crippen LogP contribution in [0.2, 0.25) is 5.02 Å². The lowest BCUT2D eigenvalue weighted by Gasteiger charge is -2.13. The zero-order chi connectivity index (χ0) is 19.6. The van der Waals surface area contributed by atoms with Gasteiger partial charge in [0.05, 0.1) is 17.9 Å². The van der Waals surface area contributed by atoms with Gasteiger partial charge in [-0.15, -0.1) is 11.8 Å². The molecule has 0 atom stereocenters. The van der Waals surface area contributed by atoms with Gasteiger partial charge in [-0.2, -0.15) is 18.3 Å². The summed E-state index contributed by atoms with van der Waals surface area (Å²) in [6.45, 7) is 0. The average molecular weight is 411 g/mol. The van der Waals surface area contributed by atoms with Crippen LogP contribution in [-0.4, -0.2) is 28.6 Å². The van der Waals surface area contributed by atoms with Gasteiger partial charge in [-0.05, 0) is 12.1 Å². The minimum atomic E-state index is -4.78. The van der Waals surface area contributed by atoms with E-state index >= 15 is 0 Å². The lowest BCUT2D eigenvalue weighted by molar-refractivity contribution is -0.144. The summed E-state index contributed by atoms with van der Waals surface area (Å²) in [7, 11) is 2.18. The Kier molecular flexibility index (Phi) is 5.97. The molecule has 0 amide bonds. The molecular formula is C15H11ClF4N2O3S. The largest absolute Gasteiger partial charge is 0.468 e. The fourth-order valence-corrected chi connectivity index (χ4v) is 3.11. The van der Waals surface area contributed by atoms with Gasteiger partial charge in [0.2, 0.25) is 5.43 Å². The van der Waals surface area contributed by atoms with Gasteiger partial charge < -0.3 is 4.74 Å².